The molecule has 0 saturated carbocycles. The van der Waals surface area contributed by atoms with Gasteiger partial charge in [0.05, 0.1) is 6.61 Å². The monoisotopic (exact) mass is 183 g/mol. The van der Waals surface area contributed by atoms with Crippen molar-refractivity contribution in [1.29, 1.82) is 0 Å². The Kier molecular flexibility index (Phi) is 3.80. The summed E-state index contributed by atoms with van der Waals surface area (Å²) < 4.78 is 0. The van der Waals surface area contributed by atoms with Gasteiger partial charge >= 0.3 is 0 Å². The molecule has 0 fully saturated rings. The van der Waals surface area contributed by atoms with Gasteiger partial charge in [0.1, 0.15) is 0 Å². The Hall–Kier alpha value is -0.830. The molecule has 3 heteroatoms. The van der Waals surface area contributed by atoms with E-state index in [1.54, 1.807) is 6.08 Å². The Labute approximate surface area is 76.5 Å². The molecule has 0 aliphatic rings. The molecule has 0 aliphatic heterocycles. The van der Waals surface area contributed by atoms with Crippen molar-refractivity contribution in [1.82, 2.24) is 0 Å². The first-order valence-corrected chi connectivity index (χ1v) is 3.95. The van der Waals surface area contributed by atoms with Crippen molar-refractivity contribution >= 4 is 17.7 Å². The van der Waals surface area contributed by atoms with Crippen molar-refractivity contribution in [3.8, 4) is 0 Å². The standard InChI is InChI=1S/C9H10ClNO/c10-9-6-2-1-4-8(9)5-3-7-12-11/h1-6H,7,11H2/b5-3+. The molecule has 2 N–H and O–H groups in total. The van der Waals surface area contributed by atoms with Crippen LogP contribution in [0, 0.1) is 0 Å². The fraction of sp³-hybridized carbons (Fsp3) is 0.111. The van der Waals surface area contributed by atoms with Crippen molar-refractivity contribution in [2.24, 2.45) is 5.90 Å². The maximum absolute atomic E-state index is 5.88. The van der Waals surface area contributed by atoms with E-state index in [-0.39, 0.29) is 0 Å². The van der Waals surface area contributed by atoms with Crippen LogP contribution in [0.2, 0.25) is 5.02 Å². The molecule has 0 spiro atoms. The van der Waals surface area contributed by atoms with E-state index >= 15 is 0 Å². The van der Waals surface area contributed by atoms with Crippen LogP contribution in [0.4, 0.5) is 0 Å². The molecule has 0 saturated heterocycles. The Morgan fingerprint density at radius 3 is 2.83 bits per heavy atom. The average molecular weight is 184 g/mol. The van der Waals surface area contributed by atoms with Crippen molar-refractivity contribution in [2.45, 2.75) is 0 Å². The molecule has 0 aliphatic carbocycles. The van der Waals surface area contributed by atoms with E-state index < -0.39 is 0 Å². The molecule has 0 atom stereocenters. The van der Waals surface area contributed by atoms with Gasteiger partial charge in [-0.25, -0.2) is 5.90 Å². The highest BCUT2D eigenvalue weighted by Gasteiger charge is 1.91. The molecule has 0 bridgehead atoms. The van der Waals surface area contributed by atoms with Gasteiger partial charge in [0, 0.05) is 5.02 Å². The van der Waals surface area contributed by atoms with Gasteiger partial charge in [0.25, 0.3) is 0 Å². The summed E-state index contributed by atoms with van der Waals surface area (Å²) in [4.78, 5) is 4.37. The molecule has 0 aromatic heterocycles. The number of hydrogen-bond acceptors (Lipinski definition) is 2. The second kappa shape index (κ2) is 4.93. The highest BCUT2D eigenvalue weighted by Crippen LogP contribution is 2.15. The van der Waals surface area contributed by atoms with Gasteiger partial charge in [-0.1, -0.05) is 42.0 Å². The summed E-state index contributed by atoms with van der Waals surface area (Å²) in [6, 6.07) is 7.58. The van der Waals surface area contributed by atoms with Crippen LogP contribution >= 0.6 is 11.6 Å². The molecule has 0 radical (unpaired) electrons. The second-order valence-corrected chi connectivity index (χ2v) is 2.66. The summed E-state index contributed by atoms with van der Waals surface area (Å²) in [6.07, 6.45) is 3.68. The quantitative estimate of drug-likeness (QED) is 0.730. The maximum Gasteiger partial charge on any atom is 0.0864 e. The number of halogens is 1. The average Bonchev–Trinajstić information content (AvgIpc) is 2.09. The van der Waals surface area contributed by atoms with Gasteiger partial charge in [-0.15, -0.1) is 0 Å². The predicted octanol–water partition coefficient (Wildman–Crippen LogP) is 2.24. The molecule has 0 amide bonds. The van der Waals surface area contributed by atoms with Crippen LogP contribution in [-0.4, -0.2) is 6.61 Å². The van der Waals surface area contributed by atoms with Crippen LogP contribution in [0.1, 0.15) is 5.56 Å². The number of rotatable bonds is 3. The van der Waals surface area contributed by atoms with Gasteiger partial charge in [-0.3, -0.25) is 0 Å². The van der Waals surface area contributed by atoms with Crippen LogP contribution in [0.15, 0.2) is 30.3 Å². The molecule has 0 unspecified atom stereocenters. The third kappa shape index (κ3) is 2.66. The van der Waals surface area contributed by atoms with E-state index in [9.17, 15) is 0 Å². The van der Waals surface area contributed by atoms with Crippen molar-refractivity contribution in [2.75, 3.05) is 6.61 Å². The highest BCUT2D eigenvalue weighted by atomic mass is 35.5. The minimum atomic E-state index is 0.394. The van der Waals surface area contributed by atoms with Gasteiger partial charge in [0.2, 0.25) is 0 Å². The molecular formula is C9H10ClNO. The summed E-state index contributed by atoms with van der Waals surface area (Å²) in [6.45, 7) is 0.394. The van der Waals surface area contributed by atoms with E-state index in [0.717, 1.165) is 10.6 Å². The van der Waals surface area contributed by atoms with Gasteiger partial charge in [0.15, 0.2) is 0 Å². The Bertz CT molecular complexity index is 273. The highest BCUT2D eigenvalue weighted by molar-refractivity contribution is 6.32. The molecular weight excluding hydrogens is 174 g/mol. The molecule has 64 valence electrons. The fourth-order valence-electron chi connectivity index (χ4n) is 0.841. The van der Waals surface area contributed by atoms with Crippen molar-refractivity contribution in [3.63, 3.8) is 0 Å². The van der Waals surface area contributed by atoms with E-state index in [2.05, 4.69) is 4.84 Å². The topological polar surface area (TPSA) is 35.2 Å². The number of nitrogens with two attached hydrogens (primary N) is 1. The molecule has 2 nitrogen and oxygen atoms in total. The van der Waals surface area contributed by atoms with E-state index in [1.807, 2.05) is 30.3 Å². The van der Waals surface area contributed by atoms with E-state index in [0.29, 0.717) is 6.61 Å². The zero-order chi connectivity index (χ0) is 8.81. The van der Waals surface area contributed by atoms with Gasteiger partial charge in [-0.2, -0.15) is 0 Å². The number of hydrogen-bond donors (Lipinski definition) is 1. The predicted molar refractivity (Wildman–Crippen MR) is 50.6 cm³/mol. The minimum Gasteiger partial charge on any atom is -0.300 e. The van der Waals surface area contributed by atoms with Crippen molar-refractivity contribution in [3.05, 3.63) is 40.9 Å². The summed E-state index contributed by atoms with van der Waals surface area (Å²) in [7, 11) is 0. The Morgan fingerprint density at radius 1 is 1.42 bits per heavy atom. The van der Waals surface area contributed by atoms with E-state index in [4.69, 9.17) is 17.5 Å². The largest absolute Gasteiger partial charge is 0.300 e. The second-order valence-electron chi connectivity index (χ2n) is 2.26. The van der Waals surface area contributed by atoms with Crippen LogP contribution in [-0.2, 0) is 4.84 Å². The lowest BCUT2D eigenvalue weighted by Gasteiger charge is -1.95. The van der Waals surface area contributed by atoms with Crippen molar-refractivity contribution < 1.29 is 4.84 Å². The molecule has 1 rings (SSSR count). The lowest BCUT2D eigenvalue weighted by atomic mass is 10.2. The van der Waals surface area contributed by atoms with Crippen LogP contribution in [0.25, 0.3) is 6.08 Å². The molecule has 1 aromatic carbocycles. The van der Waals surface area contributed by atoms with E-state index in [1.165, 1.54) is 0 Å². The van der Waals surface area contributed by atoms with Gasteiger partial charge < -0.3 is 4.84 Å². The van der Waals surface area contributed by atoms with Crippen LogP contribution < -0.4 is 5.90 Å². The third-order valence-electron chi connectivity index (χ3n) is 1.40. The molecule has 1 aromatic rings. The Balaban J connectivity index is 2.68. The van der Waals surface area contributed by atoms with Gasteiger partial charge in [-0.05, 0) is 11.6 Å². The maximum atomic E-state index is 5.88. The summed E-state index contributed by atoms with van der Waals surface area (Å²) in [5, 5.41) is 0.728. The zero-order valence-electron chi connectivity index (χ0n) is 6.53. The first-order chi connectivity index (χ1) is 5.84. The minimum absolute atomic E-state index is 0.394. The lowest BCUT2D eigenvalue weighted by Crippen LogP contribution is -1.96. The number of benzene rings is 1. The Morgan fingerprint density at radius 2 is 2.17 bits per heavy atom. The smallest absolute Gasteiger partial charge is 0.0864 e. The SMILES string of the molecule is NOC/C=C/c1ccccc1Cl. The van der Waals surface area contributed by atoms with Crippen LogP contribution in [0.5, 0.6) is 0 Å². The summed E-state index contributed by atoms with van der Waals surface area (Å²) in [5.41, 5.74) is 0.969. The summed E-state index contributed by atoms with van der Waals surface area (Å²) >= 11 is 5.88. The first kappa shape index (κ1) is 9.26. The third-order valence-corrected chi connectivity index (χ3v) is 1.74. The molecule has 12 heavy (non-hydrogen) atoms. The first-order valence-electron chi connectivity index (χ1n) is 3.57. The molecule has 0 heterocycles. The fourth-order valence-corrected chi connectivity index (χ4v) is 1.04. The van der Waals surface area contributed by atoms with Crippen LogP contribution in [0.3, 0.4) is 0 Å². The summed E-state index contributed by atoms with van der Waals surface area (Å²) in [5.74, 6) is 4.85. The lowest BCUT2D eigenvalue weighted by molar-refractivity contribution is 0.168. The normalized spacial score (nSPS) is 10.8. The zero-order valence-corrected chi connectivity index (χ0v) is 7.29.